The zero-order valence-corrected chi connectivity index (χ0v) is 12.6. The molecule has 7 nitrogen and oxygen atoms in total. The van der Waals surface area contributed by atoms with Gasteiger partial charge in [0.1, 0.15) is 0 Å². The number of sulfonamides is 1. The third-order valence-electron chi connectivity index (χ3n) is 3.97. The Morgan fingerprint density at radius 1 is 1.38 bits per heavy atom. The Kier molecular flexibility index (Phi) is 4.20. The first-order valence-electron chi connectivity index (χ1n) is 6.77. The number of nitrogens with one attached hydrogen (secondary N) is 1. The van der Waals surface area contributed by atoms with Gasteiger partial charge in [-0.25, -0.2) is 13.1 Å². The van der Waals surface area contributed by atoms with Crippen molar-refractivity contribution in [3.8, 4) is 0 Å². The molecular formula is C13H19N3O4S. The zero-order chi connectivity index (χ0) is 15.7. The summed E-state index contributed by atoms with van der Waals surface area (Å²) in [5.74, 6) is 0. The number of nitro groups is 1. The quantitative estimate of drug-likeness (QED) is 0.490. The fourth-order valence-electron chi connectivity index (χ4n) is 2.66. The lowest BCUT2D eigenvalue weighted by molar-refractivity contribution is -0.387. The van der Waals surface area contributed by atoms with Crippen LogP contribution in [0.3, 0.4) is 0 Å². The molecule has 3 N–H and O–H groups in total. The second-order valence-electron chi connectivity index (χ2n) is 5.83. The van der Waals surface area contributed by atoms with E-state index in [1.807, 2.05) is 6.92 Å². The number of nitrogen functional groups attached to an aromatic ring is 1. The molecule has 1 aliphatic rings. The van der Waals surface area contributed by atoms with Gasteiger partial charge in [0.25, 0.3) is 5.69 Å². The third kappa shape index (κ3) is 3.51. The van der Waals surface area contributed by atoms with Gasteiger partial charge < -0.3 is 5.73 Å². The topological polar surface area (TPSA) is 115 Å². The summed E-state index contributed by atoms with van der Waals surface area (Å²) in [4.78, 5) is 9.92. The summed E-state index contributed by atoms with van der Waals surface area (Å²) in [7, 11) is -3.93. The number of hydrogen-bond donors (Lipinski definition) is 2. The maximum absolute atomic E-state index is 12.3. The average molecular weight is 313 g/mol. The Morgan fingerprint density at radius 3 is 2.57 bits per heavy atom. The van der Waals surface area contributed by atoms with Gasteiger partial charge in [0.15, 0.2) is 4.90 Å². The first kappa shape index (κ1) is 15.7. The molecule has 0 aliphatic heterocycles. The van der Waals surface area contributed by atoms with Gasteiger partial charge in [-0.2, -0.15) is 0 Å². The molecule has 0 saturated heterocycles. The molecule has 0 atom stereocenters. The van der Waals surface area contributed by atoms with E-state index in [4.69, 9.17) is 5.73 Å². The first-order valence-corrected chi connectivity index (χ1v) is 8.25. The number of hydrogen-bond acceptors (Lipinski definition) is 5. The number of anilines is 1. The molecule has 0 spiro atoms. The lowest BCUT2D eigenvalue weighted by Crippen LogP contribution is -2.34. The van der Waals surface area contributed by atoms with Crippen molar-refractivity contribution < 1.29 is 13.3 Å². The number of rotatable bonds is 5. The van der Waals surface area contributed by atoms with E-state index in [0.717, 1.165) is 31.7 Å². The minimum Gasteiger partial charge on any atom is -0.399 e. The van der Waals surface area contributed by atoms with Gasteiger partial charge in [0.05, 0.1) is 4.92 Å². The van der Waals surface area contributed by atoms with Crippen molar-refractivity contribution in [2.45, 2.75) is 37.5 Å². The van der Waals surface area contributed by atoms with E-state index in [2.05, 4.69) is 4.72 Å². The van der Waals surface area contributed by atoms with E-state index in [1.165, 1.54) is 12.1 Å². The van der Waals surface area contributed by atoms with Crippen molar-refractivity contribution in [3.63, 3.8) is 0 Å². The van der Waals surface area contributed by atoms with Gasteiger partial charge in [-0.3, -0.25) is 10.1 Å². The molecule has 1 aliphatic carbocycles. The Bertz CT molecular complexity index is 651. The van der Waals surface area contributed by atoms with E-state index in [9.17, 15) is 18.5 Å². The van der Waals surface area contributed by atoms with Crippen molar-refractivity contribution in [1.29, 1.82) is 0 Å². The van der Waals surface area contributed by atoms with Crippen LogP contribution in [-0.4, -0.2) is 19.9 Å². The Labute approximate surface area is 123 Å². The number of nitro benzene ring substituents is 1. The largest absolute Gasteiger partial charge is 0.399 e. The van der Waals surface area contributed by atoms with Gasteiger partial charge in [-0.15, -0.1) is 0 Å². The predicted molar refractivity (Wildman–Crippen MR) is 79.3 cm³/mol. The molecule has 1 aromatic carbocycles. The predicted octanol–water partition coefficient (Wildman–Crippen LogP) is 2.04. The summed E-state index contributed by atoms with van der Waals surface area (Å²) in [6, 6.07) is 3.58. The van der Waals surface area contributed by atoms with E-state index in [-0.39, 0.29) is 22.5 Å². The normalized spacial score (nSPS) is 17.8. The van der Waals surface area contributed by atoms with Crippen LogP contribution in [0, 0.1) is 15.5 Å². The average Bonchev–Trinajstić information content (AvgIpc) is 2.84. The van der Waals surface area contributed by atoms with Crippen molar-refractivity contribution in [2.24, 2.45) is 5.41 Å². The van der Waals surface area contributed by atoms with Crippen LogP contribution in [0.2, 0.25) is 0 Å². The Morgan fingerprint density at radius 2 is 2.00 bits per heavy atom. The van der Waals surface area contributed by atoms with E-state index < -0.39 is 20.6 Å². The molecule has 0 unspecified atom stereocenters. The zero-order valence-electron chi connectivity index (χ0n) is 11.8. The van der Waals surface area contributed by atoms with Crippen LogP contribution in [0.5, 0.6) is 0 Å². The maximum Gasteiger partial charge on any atom is 0.291 e. The van der Waals surface area contributed by atoms with Crippen molar-refractivity contribution in [3.05, 3.63) is 28.3 Å². The molecule has 1 aromatic rings. The SMILES string of the molecule is CC1(CNS(=O)(=O)c2ccc(N)cc2[N+](=O)[O-])CCCC1. The molecule has 8 heteroatoms. The second kappa shape index (κ2) is 5.61. The molecule has 0 radical (unpaired) electrons. The van der Waals surface area contributed by atoms with E-state index >= 15 is 0 Å². The van der Waals surface area contributed by atoms with Crippen LogP contribution in [0.25, 0.3) is 0 Å². The third-order valence-corrected chi connectivity index (χ3v) is 5.42. The monoisotopic (exact) mass is 313 g/mol. The summed E-state index contributed by atoms with van der Waals surface area (Å²) >= 11 is 0. The van der Waals surface area contributed by atoms with Crippen molar-refractivity contribution >= 4 is 21.4 Å². The van der Waals surface area contributed by atoms with Crippen molar-refractivity contribution in [2.75, 3.05) is 12.3 Å². The lowest BCUT2D eigenvalue weighted by Gasteiger charge is -2.23. The van der Waals surface area contributed by atoms with E-state index in [0.29, 0.717) is 0 Å². The molecule has 0 bridgehead atoms. The van der Waals surface area contributed by atoms with E-state index in [1.54, 1.807) is 0 Å². The highest BCUT2D eigenvalue weighted by Crippen LogP contribution is 2.37. The molecule has 116 valence electrons. The lowest BCUT2D eigenvalue weighted by atomic mass is 9.89. The minimum atomic E-state index is -3.93. The summed E-state index contributed by atoms with van der Waals surface area (Å²) in [6.45, 7) is 2.32. The smallest absolute Gasteiger partial charge is 0.291 e. The fourth-order valence-corrected chi connectivity index (χ4v) is 4.01. The molecule has 1 saturated carbocycles. The molecule has 21 heavy (non-hydrogen) atoms. The van der Waals surface area contributed by atoms with Crippen LogP contribution in [0.4, 0.5) is 11.4 Å². The highest BCUT2D eigenvalue weighted by atomic mass is 32.2. The van der Waals surface area contributed by atoms with Crippen LogP contribution in [-0.2, 0) is 10.0 Å². The molecular weight excluding hydrogens is 294 g/mol. The Balaban J connectivity index is 2.25. The first-order chi connectivity index (χ1) is 9.73. The standard InChI is InChI=1S/C13H19N3O4S/c1-13(6-2-3-7-13)9-15-21(19,20)12-5-4-10(14)8-11(12)16(17)18/h4-5,8,15H,2-3,6-7,9,14H2,1H3. The van der Waals surface area contributed by atoms with Crippen LogP contribution >= 0.6 is 0 Å². The van der Waals surface area contributed by atoms with Gasteiger partial charge >= 0.3 is 0 Å². The number of benzene rings is 1. The summed E-state index contributed by atoms with van der Waals surface area (Å²) in [5.41, 5.74) is 5.06. The molecule has 0 aromatic heterocycles. The summed E-state index contributed by atoms with van der Waals surface area (Å²) < 4.78 is 27.1. The molecule has 1 fully saturated rings. The minimum absolute atomic E-state index is 0.0738. The maximum atomic E-state index is 12.3. The van der Waals surface area contributed by atoms with Crippen molar-refractivity contribution in [1.82, 2.24) is 4.72 Å². The van der Waals surface area contributed by atoms with Gasteiger partial charge in [0, 0.05) is 18.3 Å². The van der Waals surface area contributed by atoms with Crippen LogP contribution < -0.4 is 10.5 Å². The highest BCUT2D eigenvalue weighted by molar-refractivity contribution is 7.89. The van der Waals surface area contributed by atoms with Crippen LogP contribution in [0.15, 0.2) is 23.1 Å². The summed E-state index contributed by atoms with van der Waals surface area (Å²) in [5, 5.41) is 11.0. The molecule has 0 amide bonds. The highest BCUT2D eigenvalue weighted by Gasteiger charge is 2.32. The summed E-state index contributed by atoms with van der Waals surface area (Å²) in [6.07, 6.45) is 4.08. The number of nitrogens with two attached hydrogens (primary N) is 1. The fraction of sp³-hybridized carbons (Fsp3) is 0.538. The molecule has 2 rings (SSSR count). The van der Waals surface area contributed by atoms with Gasteiger partial charge in [-0.1, -0.05) is 19.8 Å². The molecule has 0 heterocycles. The van der Waals surface area contributed by atoms with Gasteiger partial charge in [-0.05, 0) is 30.4 Å². The van der Waals surface area contributed by atoms with Gasteiger partial charge in [0.2, 0.25) is 10.0 Å². The number of nitrogens with zero attached hydrogens (tertiary/aromatic N) is 1. The Hall–Kier alpha value is -1.67. The second-order valence-corrected chi connectivity index (χ2v) is 7.56. The van der Waals surface area contributed by atoms with Crippen LogP contribution in [0.1, 0.15) is 32.6 Å².